The molecule has 0 radical (unpaired) electrons. The van der Waals surface area contributed by atoms with Crippen molar-refractivity contribution >= 4 is 25.2 Å². The monoisotopic (exact) mass is 288 g/mol. The van der Waals surface area contributed by atoms with Crippen LogP contribution in [0.25, 0.3) is 0 Å². The summed E-state index contributed by atoms with van der Waals surface area (Å²) in [7, 11) is -2.13. The third kappa shape index (κ3) is 3.33. The highest BCUT2D eigenvalue weighted by Crippen LogP contribution is 2.38. The van der Waals surface area contributed by atoms with Gasteiger partial charge in [0.1, 0.15) is 5.75 Å². The van der Waals surface area contributed by atoms with Crippen molar-refractivity contribution in [3.63, 3.8) is 0 Å². The molecule has 0 atom stereocenters. The van der Waals surface area contributed by atoms with Crippen LogP contribution in [-0.2, 0) is 0 Å². The van der Waals surface area contributed by atoms with Gasteiger partial charge >= 0.3 is 0 Å². The van der Waals surface area contributed by atoms with E-state index >= 15 is 0 Å². The van der Waals surface area contributed by atoms with Gasteiger partial charge in [0.15, 0.2) is 5.82 Å². The standard InChI is InChI=1S/C13H18ClFO2Si/c1-13(2,3)18(4,5)17-11-8-9(12(14)16)6-7-10(11)15/h6-8H,1-5H3. The van der Waals surface area contributed by atoms with E-state index in [1.807, 2.05) is 13.1 Å². The van der Waals surface area contributed by atoms with E-state index in [-0.39, 0.29) is 16.4 Å². The summed E-state index contributed by atoms with van der Waals surface area (Å²) in [6, 6.07) is 3.92. The average Bonchev–Trinajstić information content (AvgIpc) is 2.18. The largest absolute Gasteiger partial charge is 0.542 e. The zero-order valence-electron chi connectivity index (χ0n) is 11.3. The first-order chi connectivity index (χ1) is 8.04. The minimum absolute atomic E-state index is 0.0413. The van der Waals surface area contributed by atoms with Crippen molar-refractivity contribution < 1.29 is 13.6 Å². The number of carbonyl (C=O) groups is 1. The van der Waals surface area contributed by atoms with Crippen LogP contribution in [0, 0.1) is 5.82 Å². The molecule has 100 valence electrons. The quantitative estimate of drug-likeness (QED) is 0.601. The molecule has 1 aromatic rings. The normalized spacial score (nSPS) is 12.4. The Morgan fingerprint density at radius 2 is 1.89 bits per heavy atom. The summed E-state index contributed by atoms with van der Waals surface area (Å²) in [6.45, 7) is 10.2. The summed E-state index contributed by atoms with van der Waals surface area (Å²) in [6.07, 6.45) is 0. The van der Waals surface area contributed by atoms with E-state index in [4.69, 9.17) is 16.0 Å². The highest BCUT2D eigenvalue weighted by molar-refractivity contribution is 6.74. The van der Waals surface area contributed by atoms with Crippen LogP contribution in [0.15, 0.2) is 18.2 Å². The maximum Gasteiger partial charge on any atom is 0.252 e. The SMILES string of the molecule is CC(C)(C)[Si](C)(C)Oc1cc(C(=O)Cl)ccc1F. The number of hydrogen-bond donors (Lipinski definition) is 0. The van der Waals surface area contributed by atoms with Gasteiger partial charge in [-0.25, -0.2) is 4.39 Å². The Morgan fingerprint density at radius 3 is 2.33 bits per heavy atom. The number of rotatable bonds is 3. The van der Waals surface area contributed by atoms with Gasteiger partial charge in [0, 0.05) is 5.56 Å². The summed E-state index contributed by atoms with van der Waals surface area (Å²) in [5.74, 6) is -0.366. The van der Waals surface area contributed by atoms with E-state index in [0.717, 1.165) is 0 Å². The molecule has 5 heteroatoms. The van der Waals surface area contributed by atoms with Crippen molar-refractivity contribution in [2.45, 2.75) is 38.9 Å². The molecule has 0 aliphatic heterocycles. The molecular formula is C13H18ClFO2Si. The van der Waals surface area contributed by atoms with Crippen LogP contribution < -0.4 is 4.43 Å². The second-order valence-corrected chi connectivity index (χ2v) is 10.8. The lowest BCUT2D eigenvalue weighted by Gasteiger charge is -2.36. The molecule has 0 amide bonds. The molecule has 0 unspecified atom stereocenters. The molecule has 0 fully saturated rings. The van der Waals surface area contributed by atoms with Gasteiger partial charge in [0.05, 0.1) is 0 Å². The number of hydrogen-bond acceptors (Lipinski definition) is 2. The lowest BCUT2D eigenvalue weighted by molar-refractivity contribution is 0.108. The molecule has 0 aliphatic rings. The van der Waals surface area contributed by atoms with E-state index in [1.165, 1.54) is 18.2 Å². The molecule has 0 saturated carbocycles. The van der Waals surface area contributed by atoms with E-state index < -0.39 is 19.4 Å². The molecule has 0 bridgehead atoms. The Kier molecular flexibility index (Phi) is 4.23. The van der Waals surface area contributed by atoms with E-state index in [0.29, 0.717) is 0 Å². The second-order valence-electron chi connectivity index (χ2n) is 5.78. The molecule has 1 aromatic carbocycles. The Morgan fingerprint density at radius 1 is 1.33 bits per heavy atom. The van der Waals surface area contributed by atoms with Crippen LogP contribution in [-0.4, -0.2) is 13.6 Å². The molecule has 0 aliphatic carbocycles. The zero-order chi connectivity index (χ0) is 14.1. The van der Waals surface area contributed by atoms with Gasteiger partial charge in [0.2, 0.25) is 0 Å². The lowest BCUT2D eigenvalue weighted by Crippen LogP contribution is -2.44. The Labute approximate surface area is 113 Å². The third-order valence-corrected chi connectivity index (χ3v) is 7.89. The smallest absolute Gasteiger partial charge is 0.252 e. The van der Waals surface area contributed by atoms with Gasteiger partial charge in [-0.2, -0.15) is 0 Å². The average molecular weight is 289 g/mol. The van der Waals surface area contributed by atoms with Crippen molar-refractivity contribution in [2.75, 3.05) is 0 Å². The molecule has 18 heavy (non-hydrogen) atoms. The van der Waals surface area contributed by atoms with Gasteiger partial charge in [-0.05, 0) is 47.9 Å². The van der Waals surface area contributed by atoms with Crippen molar-refractivity contribution in [2.24, 2.45) is 0 Å². The highest BCUT2D eigenvalue weighted by Gasteiger charge is 2.39. The number of carbonyl (C=O) groups excluding carboxylic acids is 1. The van der Waals surface area contributed by atoms with Crippen LogP contribution in [0.1, 0.15) is 31.1 Å². The first kappa shape index (κ1) is 15.2. The summed E-state index contributed by atoms with van der Waals surface area (Å²) in [5, 5.41) is -0.657. The van der Waals surface area contributed by atoms with E-state index in [2.05, 4.69) is 20.8 Å². The van der Waals surface area contributed by atoms with Crippen molar-refractivity contribution in [1.29, 1.82) is 0 Å². The molecule has 0 saturated heterocycles. The molecule has 0 N–H and O–H groups in total. The first-order valence-corrected chi connectivity index (χ1v) is 9.01. The molecule has 1 rings (SSSR count). The van der Waals surface area contributed by atoms with E-state index in [9.17, 15) is 9.18 Å². The van der Waals surface area contributed by atoms with Gasteiger partial charge in [-0.15, -0.1) is 0 Å². The van der Waals surface area contributed by atoms with Crippen molar-refractivity contribution in [3.8, 4) is 5.75 Å². The summed E-state index contributed by atoms with van der Waals surface area (Å²) in [5.41, 5.74) is 0.242. The van der Waals surface area contributed by atoms with Crippen molar-refractivity contribution in [1.82, 2.24) is 0 Å². The number of halogens is 2. The lowest BCUT2D eigenvalue weighted by atomic mass is 10.2. The van der Waals surface area contributed by atoms with Gasteiger partial charge in [-0.1, -0.05) is 20.8 Å². The number of benzene rings is 1. The van der Waals surface area contributed by atoms with Gasteiger partial charge in [-0.3, -0.25) is 4.79 Å². The van der Waals surface area contributed by atoms with Gasteiger partial charge < -0.3 is 4.43 Å². The molecule has 2 nitrogen and oxygen atoms in total. The predicted octanol–water partition coefficient (Wildman–Crippen LogP) is 4.59. The summed E-state index contributed by atoms with van der Waals surface area (Å²) < 4.78 is 19.5. The zero-order valence-corrected chi connectivity index (χ0v) is 13.1. The molecule has 0 aromatic heterocycles. The molecule has 0 spiro atoms. The van der Waals surface area contributed by atoms with E-state index in [1.54, 1.807) is 0 Å². The summed E-state index contributed by atoms with van der Waals surface area (Å²) >= 11 is 5.38. The Hall–Kier alpha value is -0.873. The molecule has 0 heterocycles. The minimum Gasteiger partial charge on any atom is -0.542 e. The molecular weight excluding hydrogens is 271 g/mol. The third-order valence-electron chi connectivity index (χ3n) is 3.33. The maximum atomic E-state index is 13.7. The summed E-state index contributed by atoms with van der Waals surface area (Å²) in [4.78, 5) is 11.1. The Balaban J connectivity index is 3.11. The van der Waals surface area contributed by atoms with Crippen LogP contribution in [0.3, 0.4) is 0 Å². The predicted molar refractivity (Wildman–Crippen MR) is 74.4 cm³/mol. The van der Waals surface area contributed by atoms with Crippen LogP contribution in [0.5, 0.6) is 5.75 Å². The first-order valence-electron chi connectivity index (χ1n) is 5.73. The highest BCUT2D eigenvalue weighted by atomic mass is 35.5. The van der Waals surface area contributed by atoms with Crippen LogP contribution >= 0.6 is 11.6 Å². The maximum absolute atomic E-state index is 13.7. The minimum atomic E-state index is -2.13. The van der Waals surface area contributed by atoms with Gasteiger partial charge in [0.25, 0.3) is 13.6 Å². The van der Waals surface area contributed by atoms with Crippen molar-refractivity contribution in [3.05, 3.63) is 29.6 Å². The fourth-order valence-corrected chi connectivity index (χ4v) is 2.26. The Bertz CT molecular complexity index is 467. The van der Waals surface area contributed by atoms with Crippen LogP contribution in [0.4, 0.5) is 4.39 Å². The van der Waals surface area contributed by atoms with Crippen LogP contribution in [0.2, 0.25) is 18.1 Å². The fraction of sp³-hybridized carbons (Fsp3) is 0.462. The second kappa shape index (κ2) is 5.01. The fourth-order valence-electron chi connectivity index (χ4n) is 1.13. The topological polar surface area (TPSA) is 26.3 Å².